The topological polar surface area (TPSA) is 63.8 Å². The van der Waals surface area contributed by atoms with Crippen LogP contribution in [0.2, 0.25) is 4.34 Å². The molecule has 90 valence electrons. The number of rotatable bonds is 4. The van der Waals surface area contributed by atoms with Crippen LogP contribution in [0.4, 0.5) is 11.6 Å². The predicted molar refractivity (Wildman–Crippen MR) is 72.7 cm³/mol. The van der Waals surface area contributed by atoms with Gasteiger partial charge in [-0.05, 0) is 25.5 Å². The molecule has 0 aromatic carbocycles. The fraction of sp³-hybridized carbons (Fsp3) is 0.273. The van der Waals surface area contributed by atoms with Crippen LogP contribution in [0.1, 0.15) is 10.4 Å². The summed E-state index contributed by atoms with van der Waals surface area (Å²) in [7, 11) is 0. The molecule has 0 aliphatic rings. The molecule has 0 unspecified atom stereocenters. The first-order chi connectivity index (χ1) is 8.16. The Morgan fingerprint density at radius 3 is 2.94 bits per heavy atom. The van der Waals surface area contributed by atoms with Crippen molar-refractivity contribution in [2.24, 2.45) is 0 Å². The number of nitrogen functional groups attached to an aromatic ring is 1. The normalized spacial score (nSPS) is 10.5. The van der Waals surface area contributed by atoms with E-state index in [0.717, 1.165) is 28.7 Å². The maximum absolute atomic E-state index is 5.86. The number of halogens is 1. The van der Waals surface area contributed by atoms with Gasteiger partial charge in [-0.25, -0.2) is 9.97 Å². The second-order valence-corrected chi connectivity index (χ2v) is 5.41. The minimum absolute atomic E-state index is 0.515. The molecule has 0 bridgehead atoms. The number of nitrogens with zero attached hydrogens (tertiary/aromatic N) is 2. The first-order valence-electron chi connectivity index (χ1n) is 5.22. The van der Waals surface area contributed by atoms with Crippen LogP contribution in [0.15, 0.2) is 18.5 Å². The van der Waals surface area contributed by atoms with Crippen LogP contribution in [0, 0.1) is 6.92 Å². The SMILES string of the molecule is Cc1c(N)ncnc1NCCc1ccc(Cl)s1. The Balaban J connectivity index is 1.92. The lowest BCUT2D eigenvalue weighted by molar-refractivity contribution is 1.01. The van der Waals surface area contributed by atoms with Gasteiger partial charge in [0.05, 0.1) is 4.34 Å². The van der Waals surface area contributed by atoms with Gasteiger partial charge in [0.15, 0.2) is 0 Å². The van der Waals surface area contributed by atoms with Gasteiger partial charge in [0.2, 0.25) is 0 Å². The molecule has 2 aromatic rings. The summed E-state index contributed by atoms with van der Waals surface area (Å²) in [5.74, 6) is 1.31. The maximum Gasteiger partial charge on any atom is 0.134 e. The van der Waals surface area contributed by atoms with Crippen LogP contribution >= 0.6 is 22.9 Å². The highest BCUT2D eigenvalue weighted by molar-refractivity contribution is 7.16. The number of nitrogens with two attached hydrogens (primary N) is 1. The number of hydrogen-bond donors (Lipinski definition) is 2. The van der Waals surface area contributed by atoms with Crippen LogP contribution in [0.5, 0.6) is 0 Å². The first-order valence-corrected chi connectivity index (χ1v) is 6.41. The highest BCUT2D eigenvalue weighted by atomic mass is 35.5. The van der Waals surface area contributed by atoms with Crippen LogP contribution in [-0.2, 0) is 6.42 Å². The van der Waals surface area contributed by atoms with Crippen LogP contribution in [-0.4, -0.2) is 16.5 Å². The number of nitrogens with one attached hydrogen (secondary N) is 1. The van der Waals surface area contributed by atoms with E-state index in [2.05, 4.69) is 15.3 Å². The third kappa shape index (κ3) is 3.08. The summed E-state index contributed by atoms with van der Waals surface area (Å²) in [6.45, 7) is 2.70. The molecule has 2 rings (SSSR count). The first kappa shape index (κ1) is 12.1. The highest BCUT2D eigenvalue weighted by Gasteiger charge is 2.03. The molecular formula is C11H13ClN4S. The summed E-state index contributed by atoms with van der Waals surface area (Å²) in [5.41, 5.74) is 6.59. The van der Waals surface area contributed by atoms with Crippen molar-refractivity contribution in [3.63, 3.8) is 0 Å². The van der Waals surface area contributed by atoms with E-state index in [-0.39, 0.29) is 0 Å². The molecule has 0 aliphatic carbocycles. The molecule has 3 N–H and O–H groups in total. The quantitative estimate of drug-likeness (QED) is 0.895. The zero-order valence-corrected chi connectivity index (χ0v) is 11.0. The Labute approximate surface area is 109 Å². The Morgan fingerprint density at radius 2 is 2.24 bits per heavy atom. The second-order valence-electron chi connectivity index (χ2n) is 3.62. The van der Waals surface area contributed by atoms with E-state index in [1.54, 1.807) is 11.3 Å². The van der Waals surface area contributed by atoms with Crippen LogP contribution in [0.3, 0.4) is 0 Å². The Morgan fingerprint density at radius 1 is 1.41 bits per heavy atom. The summed E-state index contributed by atoms with van der Waals surface area (Å²) in [6.07, 6.45) is 2.38. The summed E-state index contributed by atoms with van der Waals surface area (Å²) < 4.78 is 0.822. The van der Waals surface area contributed by atoms with E-state index in [0.29, 0.717) is 5.82 Å². The fourth-order valence-electron chi connectivity index (χ4n) is 1.43. The van der Waals surface area contributed by atoms with E-state index in [9.17, 15) is 0 Å². The van der Waals surface area contributed by atoms with Crippen molar-refractivity contribution in [1.82, 2.24) is 9.97 Å². The van der Waals surface area contributed by atoms with E-state index < -0.39 is 0 Å². The second kappa shape index (κ2) is 5.33. The van der Waals surface area contributed by atoms with Crippen molar-refractivity contribution in [1.29, 1.82) is 0 Å². The molecular weight excluding hydrogens is 256 g/mol. The third-order valence-corrected chi connectivity index (χ3v) is 3.71. The van der Waals surface area contributed by atoms with Crippen LogP contribution in [0.25, 0.3) is 0 Å². The molecule has 0 spiro atoms. The Hall–Kier alpha value is -1.33. The standard InChI is InChI=1S/C11H13ClN4S/c1-7-10(13)15-6-16-11(7)14-5-4-8-2-3-9(12)17-8/h2-3,6H,4-5H2,1H3,(H3,13,14,15,16). The van der Waals surface area contributed by atoms with Gasteiger partial charge in [-0.3, -0.25) is 0 Å². The molecule has 2 heterocycles. The van der Waals surface area contributed by atoms with Crippen molar-refractivity contribution in [3.8, 4) is 0 Å². The van der Waals surface area contributed by atoms with E-state index >= 15 is 0 Å². The lowest BCUT2D eigenvalue weighted by atomic mass is 10.3. The molecule has 2 aromatic heterocycles. The minimum atomic E-state index is 0.515. The molecule has 0 atom stereocenters. The summed E-state index contributed by atoms with van der Waals surface area (Å²) in [4.78, 5) is 9.32. The molecule has 0 saturated heterocycles. The monoisotopic (exact) mass is 268 g/mol. The van der Waals surface area contributed by atoms with Crippen LogP contribution < -0.4 is 11.1 Å². The zero-order chi connectivity index (χ0) is 12.3. The van der Waals surface area contributed by atoms with E-state index in [4.69, 9.17) is 17.3 Å². The fourth-order valence-corrected chi connectivity index (χ4v) is 2.52. The predicted octanol–water partition coefficient (Wildman–Crippen LogP) is 2.74. The van der Waals surface area contributed by atoms with Gasteiger partial charge in [0.25, 0.3) is 0 Å². The molecule has 0 fully saturated rings. The molecule has 0 radical (unpaired) electrons. The van der Waals surface area contributed by atoms with Gasteiger partial charge < -0.3 is 11.1 Å². The lowest BCUT2D eigenvalue weighted by Gasteiger charge is -2.08. The zero-order valence-electron chi connectivity index (χ0n) is 9.40. The minimum Gasteiger partial charge on any atom is -0.383 e. The van der Waals surface area contributed by atoms with Gasteiger partial charge in [-0.15, -0.1) is 11.3 Å². The van der Waals surface area contributed by atoms with Crippen molar-refractivity contribution in [2.75, 3.05) is 17.6 Å². The molecule has 0 saturated carbocycles. The number of thiophene rings is 1. The van der Waals surface area contributed by atoms with Gasteiger partial charge in [0.1, 0.15) is 18.0 Å². The van der Waals surface area contributed by atoms with Crippen molar-refractivity contribution < 1.29 is 0 Å². The molecule has 4 nitrogen and oxygen atoms in total. The lowest BCUT2D eigenvalue weighted by Crippen LogP contribution is -2.08. The molecule has 0 amide bonds. The number of anilines is 2. The van der Waals surface area contributed by atoms with E-state index in [1.165, 1.54) is 11.2 Å². The van der Waals surface area contributed by atoms with Gasteiger partial charge in [-0.1, -0.05) is 11.6 Å². The van der Waals surface area contributed by atoms with E-state index in [1.807, 2.05) is 19.1 Å². The Kier molecular flexibility index (Phi) is 3.81. The average molecular weight is 269 g/mol. The average Bonchev–Trinajstić information content (AvgIpc) is 2.70. The van der Waals surface area contributed by atoms with Crippen molar-refractivity contribution >= 4 is 34.6 Å². The maximum atomic E-state index is 5.86. The summed E-state index contributed by atoms with van der Waals surface area (Å²) in [5, 5.41) is 3.24. The summed E-state index contributed by atoms with van der Waals surface area (Å²) in [6, 6.07) is 3.95. The number of aromatic nitrogens is 2. The largest absolute Gasteiger partial charge is 0.383 e. The highest BCUT2D eigenvalue weighted by Crippen LogP contribution is 2.22. The van der Waals surface area contributed by atoms with Gasteiger partial charge >= 0.3 is 0 Å². The summed E-state index contributed by atoms with van der Waals surface area (Å²) >= 11 is 7.46. The van der Waals surface area contributed by atoms with Gasteiger partial charge in [0, 0.05) is 17.0 Å². The third-order valence-electron chi connectivity index (χ3n) is 2.42. The van der Waals surface area contributed by atoms with Gasteiger partial charge in [-0.2, -0.15) is 0 Å². The molecule has 0 aliphatic heterocycles. The molecule has 6 heteroatoms. The molecule has 17 heavy (non-hydrogen) atoms. The van der Waals surface area contributed by atoms with Crippen molar-refractivity contribution in [3.05, 3.63) is 33.2 Å². The van der Waals surface area contributed by atoms with Crippen molar-refractivity contribution in [2.45, 2.75) is 13.3 Å². The number of hydrogen-bond acceptors (Lipinski definition) is 5. The smallest absolute Gasteiger partial charge is 0.134 e. The Bertz CT molecular complexity index is 512.